The van der Waals surface area contributed by atoms with Crippen molar-refractivity contribution in [2.45, 2.75) is 38.9 Å². The topological polar surface area (TPSA) is 37.6 Å². The number of alkyl halides is 3. The molecule has 0 radical (unpaired) electrons. The Morgan fingerprint density at radius 1 is 1.50 bits per heavy atom. The van der Waals surface area contributed by atoms with E-state index in [2.05, 4.69) is 4.98 Å². The second-order valence-electron chi connectivity index (χ2n) is 5.79. The van der Waals surface area contributed by atoms with Crippen LogP contribution in [0.15, 0.2) is 11.6 Å². The summed E-state index contributed by atoms with van der Waals surface area (Å²) in [4.78, 5) is 18.7. The van der Waals surface area contributed by atoms with Gasteiger partial charge < -0.3 is 4.90 Å². The van der Waals surface area contributed by atoms with Gasteiger partial charge in [-0.1, -0.05) is 6.42 Å². The molecule has 120 valence electrons. The van der Waals surface area contributed by atoms with Gasteiger partial charge in [0.2, 0.25) is 5.91 Å². The molecule has 0 aromatic carbocycles. The molecule has 0 bridgehead atoms. The molecule has 22 heavy (non-hydrogen) atoms. The molecule has 2 heterocycles. The quantitative estimate of drug-likeness (QED) is 0.864. The van der Waals surface area contributed by atoms with Gasteiger partial charge in [0.1, 0.15) is 5.41 Å². The molecule has 0 aliphatic heterocycles. The van der Waals surface area contributed by atoms with Gasteiger partial charge in [-0.3, -0.25) is 9.20 Å². The Balaban J connectivity index is 1.85. The van der Waals surface area contributed by atoms with Crippen molar-refractivity contribution in [1.82, 2.24) is 14.3 Å². The van der Waals surface area contributed by atoms with Crippen LogP contribution in [0.2, 0.25) is 0 Å². The van der Waals surface area contributed by atoms with Gasteiger partial charge >= 0.3 is 6.18 Å². The minimum absolute atomic E-state index is 0.112. The average Bonchev–Trinajstić information content (AvgIpc) is 2.89. The van der Waals surface area contributed by atoms with Crippen molar-refractivity contribution in [3.63, 3.8) is 0 Å². The van der Waals surface area contributed by atoms with Crippen LogP contribution in [0.1, 0.15) is 30.7 Å². The number of carbonyl (C=O) groups excluding carboxylic acids is 1. The van der Waals surface area contributed by atoms with Crippen LogP contribution in [0.3, 0.4) is 0 Å². The lowest BCUT2D eigenvalue weighted by molar-refractivity contribution is -0.248. The smallest absolute Gasteiger partial charge is 0.339 e. The van der Waals surface area contributed by atoms with Crippen LogP contribution in [-0.2, 0) is 11.3 Å². The van der Waals surface area contributed by atoms with Crippen molar-refractivity contribution in [2.75, 3.05) is 7.05 Å². The Morgan fingerprint density at radius 2 is 2.18 bits per heavy atom. The van der Waals surface area contributed by atoms with Gasteiger partial charge in [-0.2, -0.15) is 13.2 Å². The normalized spacial score (nSPS) is 17.5. The van der Waals surface area contributed by atoms with E-state index in [0.29, 0.717) is 6.42 Å². The second kappa shape index (κ2) is 4.97. The van der Waals surface area contributed by atoms with Gasteiger partial charge in [-0.05, 0) is 19.8 Å². The predicted molar refractivity (Wildman–Crippen MR) is 76.6 cm³/mol. The van der Waals surface area contributed by atoms with Crippen molar-refractivity contribution >= 4 is 22.2 Å². The van der Waals surface area contributed by atoms with Crippen molar-refractivity contribution in [2.24, 2.45) is 5.41 Å². The standard InChI is InChI=1S/C14H16F3N3OS/c1-9-10(20-6-7-22-12(20)18-9)8-19(2)11(21)13(4-3-5-13)14(15,16)17/h6-7H,3-5,8H2,1-2H3. The van der Waals surface area contributed by atoms with Crippen LogP contribution in [-0.4, -0.2) is 33.4 Å². The molecule has 1 amide bonds. The first-order chi connectivity index (χ1) is 10.3. The summed E-state index contributed by atoms with van der Waals surface area (Å²) in [6.07, 6.45) is -2.45. The minimum atomic E-state index is -4.49. The molecule has 3 rings (SSSR count). The molecule has 0 N–H and O–H groups in total. The molecular formula is C14H16F3N3OS. The molecule has 1 aliphatic carbocycles. The molecule has 1 aliphatic rings. The predicted octanol–water partition coefficient (Wildman–Crippen LogP) is 3.40. The fraction of sp³-hybridized carbons (Fsp3) is 0.571. The molecule has 1 fully saturated rings. The van der Waals surface area contributed by atoms with E-state index >= 15 is 0 Å². The zero-order chi connectivity index (χ0) is 16.1. The summed E-state index contributed by atoms with van der Waals surface area (Å²) in [5.41, 5.74) is -0.696. The van der Waals surface area contributed by atoms with Gasteiger partial charge in [0.05, 0.1) is 17.9 Å². The third kappa shape index (κ3) is 2.12. The van der Waals surface area contributed by atoms with Gasteiger partial charge in [0.15, 0.2) is 4.96 Å². The van der Waals surface area contributed by atoms with Crippen molar-refractivity contribution in [1.29, 1.82) is 0 Å². The number of imidazole rings is 1. The Labute approximate surface area is 129 Å². The maximum Gasteiger partial charge on any atom is 0.403 e. The summed E-state index contributed by atoms with van der Waals surface area (Å²) in [5, 5.41) is 1.86. The number of carbonyl (C=O) groups is 1. The van der Waals surface area contributed by atoms with Crippen molar-refractivity contribution < 1.29 is 18.0 Å². The lowest BCUT2D eigenvalue weighted by Crippen LogP contribution is -2.55. The van der Waals surface area contributed by atoms with E-state index in [1.165, 1.54) is 23.3 Å². The second-order valence-corrected chi connectivity index (χ2v) is 6.67. The zero-order valence-electron chi connectivity index (χ0n) is 12.3. The van der Waals surface area contributed by atoms with E-state index in [1.807, 2.05) is 16.0 Å². The number of halogens is 3. The molecule has 2 aromatic heterocycles. The largest absolute Gasteiger partial charge is 0.403 e. The number of hydrogen-bond acceptors (Lipinski definition) is 3. The molecule has 0 saturated heterocycles. The monoisotopic (exact) mass is 331 g/mol. The molecular weight excluding hydrogens is 315 g/mol. The molecule has 0 spiro atoms. The molecule has 2 aromatic rings. The maximum atomic E-state index is 13.3. The summed E-state index contributed by atoms with van der Waals surface area (Å²) in [6.45, 7) is 1.93. The first kappa shape index (κ1) is 15.3. The van der Waals surface area contributed by atoms with Gasteiger partial charge in [-0.25, -0.2) is 4.98 Å². The SMILES string of the molecule is Cc1nc2sccn2c1CN(C)C(=O)C1(C(F)(F)F)CCC1. The Kier molecular flexibility index (Phi) is 3.47. The van der Waals surface area contributed by atoms with E-state index in [0.717, 1.165) is 16.3 Å². The van der Waals surface area contributed by atoms with Crippen molar-refractivity contribution in [3.05, 3.63) is 23.0 Å². The highest BCUT2D eigenvalue weighted by atomic mass is 32.1. The Hall–Kier alpha value is -1.57. The number of aryl methyl sites for hydroxylation is 1. The number of aromatic nitrogens is 2. The van der Waals surface area contributed by atoms with Gasteiger partial charge in [0.25, 0.3) is 0 Å². The molecule has 0 unspecified atom stereocenters. The molecule has 4 nitrogen and oxygen atoms in total. The fourth-order valence-electron chi connectivity index (χ4n) is 2.94. The molecule has 1 saturated carbocycles. The van der Waals surface area contributed by atoms with Crippen molar-refractivity contribution in [3.8, 4) is 0 Å². The van der Waals surface area contributed by atoms with Crippen LogP contribution < -0.4 is 0 Å². The minimum Gasteiger partial charge on any atom is -0.339 e. The average molecular weight is 331 g/mol. The number of nitrogens with zero attached hydrogens (tertiary/aromatic N) is 3. The first-order valence-electron chi connectivity index (χ1n) is 6.99. The van der Waals surface area contributed by atoms with Crippen LogP contribution >= 0.6 is 11.3 Å². The summed E-state index contributed by atoms with van der Waals surface area (Å²) in [6, 6.07) is 0. The highest BCUT2D eigenvalue weighted by Crippen LogP contribution is 2.54. The van der Waals surface area contributed by atoms with E-state index in [9.17, 15) is 18.0 Å². The first-order valence-corrected chi connectivity index (χ1v) is 7.87. The van der Waals surface area contributed by atoms with E-state index in [-0.39, 0.29) is 19.4 Å². The van der Waals surface area contributed by atoms with Crippen LogP contribution in [0.25, 0.3) is 4.96 Å². The Morgan fingerprint density at radius 3 is 2.73 bits per heavy atom. The van der Waals surface area contributed by atoms with Gasteiger partial charge in [0, 0.05) is 18.6 Å². The van der Waals surface area contributed by atoms with E-state index < -0.39 is 17.5 Å². The summed E-state index contributed by atoms with van der Waals surface area (Å²) < 4.78 is 41.6. The lowest BCUT2D eigenvalue weighted by Gasteiger charge is -2.43. The van der Waals surface area contributed by atoms with Crippen LogP contribution in [0.5, 0.6) is 0 Å². The fourth-order valence-corrected chi connectivity index (χ4v) is 3.72. The maximum absolute atomic E-state index is 13.3. The molecule has 0 atom stereocenters. The lowest BCUT2D eigenvalue weighted by atomic mass is 9.67. The number of thiazole rings is 1. The molecule has 8 heteroatoms. The third-order valence-corrected chi connectivity index (χ3v) is 5.21. The van der Waals surface area contributed by atoms with E-state index in [1.54, 1.807) is 6.92 Å². The summed E-state index contributed by atoms with van der Waals surface area (Å²) in [7, 11) is 1.43. The number of hydrogen-bond donors (Lipinski definition) is 0. The summed E-state index contributed by atoms with van der Waals surface area (Å²) >= 11 is 1.45. The highest BCUT2D eigenvalue weighted by Gasteiger charge is 2.64. The number of amides is 1. The van der Waals surface area contributed by atoms with Crippen LogP contribution in [0, 0.1) is 12.3 Å². The highest BCUT2D eigenvalue weighted by molar-refractivity contribution is 7.15. The van der Waals surface area contributed by atoms with Gasteiger partial charge in [-0.15, -0.1) is 11.3 Å². The number of fused-ring (bicyclic) bond motifs is 1. The number of rotatable bonds is 3. The zero-order valence-corrected chi connectivity index (χ0v) is 13.1. The third-order valence-electron chi connectivity index (χ3n) is 4.45. The van der Waals surface area contributed by atoms with E-state index in [4.69, 9.17) is 0 Å². The van der Waals surface area contributed by atoms with Crippen LogP contribution in [0.4, 0.5) is 13.2 Å². The summed E-state index contributed by atoms with van der Waals surface area (Å²) in [5.74, 6) is -0.837. The Bertz CT molecular complexity index is 715.